The van der Waals surface area contributed by atoms with E-state index in [1.54, 1.807) is 22.3 Å². The van der Waals surface area contributed by atoms with Gasteiger partial charge in [0.2, 0.25) is 0 Å². The van der Waals surface area contributed by atoms with Crippen LogP contribution in [0.4, 0.5) is 0 Å². The van der Waals surface area contributed by atoms with E-state index in [4.69, 9.17) is 0 Å². The zero-order valence-corrected chi connectivity index (χ0v) is 11.6. The summed E-state index contributed by atoms with van der Waals surface area (Å²) >= 11 is 0. The van der Waals surface area contributed by atoms with Crippen LogP contribution in [-0.2, 0) is 6.42 Å². The Kier molecular flexibility index (Phi) is 2.51. The summed E-state index contributed by atoms with van der Waals surface area (Å²) in [7, 11) is 0. The molecule has 0 saturated carbocycles. The van der Waals surface area contributed by atoms with Crippen molar-refractivity contribution < 1.29 is 0 Å². The molecular formula is C19H20. The van der Waals surface area contributed by atoms with Crippen LogP contribution in [0.2, 0.25) is 0 Å². The zero-order valence-electron chi connectivity index (χ0n) is 11.6. The normalized spacial score (nSPS) is 20.5. The van der Waals surface area contributed by atoms with Gasteiger partial charge in [-0.2, -0.15) is 0 Å². The van der Waals surface area contributed by atoms with Crippen LogP contribution in [0, 0.1) is 0 Å². The Bertz CT molecular complexity index is 726. The summed E-state index contributed by atoms with van der Waals surface area (Å²) in [5, 5.41) is 2.97. The van der Waals surface area contributed by atoms with Crippen LogP contribution in [0.5, 0.6) is 0 Å². The molecule has 0 heteroatoms. The van der Waals surface area contributed by atoms with Gasteiger partial charge < -0.3 is 0 Å². The molecule has 0 bridgehead atoms. The molecule has 0 radical (unpaired) electrons. The Labute approximate surface area is 114 Å². The van der Waals surface area contributed by atoms with E-state index in [-0.39, 0.29) is 0 Å². The van der Waals surface area contributed by atoms with E-state index in [1.807, 2.05) is 0 Å². The molecule has 0 heterocycles. The Morgan fingerprint density at radius 2 is 2.00 bits per heavy atom. The highest BCUT2D eigenvalue weighted by Gasteiger charge is 2.26. The van der Waals surface area contributed by atoms with E-state index in [9.17, 15) is 0 Å². The number of fused-ring (bicyclic) bond motifs is 3. The summed E-state index contributed by atoms with van der Waals surface area (Å²) in [6.45, 7) is 2.25. The SMILES string of the molecule is CCc1ccc2c(c1)=C1CC3=CCCCC3=C1CC=2. The molecule has 0 unspecified atom stereocenters. The number of rotatable bonds is 1. The fourth-order valence-corrected chi connectivity index (χ4v) is 3.82. The second kappa shape index (κ2) is 4.23. The number of hydrogen-bond donors (Lipinski definition) is 0. The number of hydrogen-bond acceptors (Lipinski definition) is 0. The van der Waals surface area contributed by atoms with Crippen molar-refractivity contribution in [2.45, 2.75) is 45.4 Å². The lowest BCUT2D eigenvalue weighted by Gasteiger charge is -2.13. The van der Waals surface area contributed by atoms with Crippen LogP contribution in [0.1, 0.15) is 44.6 Å². The highest BCUT2D eigenvalue weighted by molar-refractivity contribution is 5.80. The standard InChI is InChI=1S/C19H20/c1-2-13-7-8-14-9-10-17-16-6-4-3-5-15(16)12-19(17)18(14)11-13/h5,7-9,11H,2-4,6,10,12H2,1H3. The highest BCUT2D eigenvalue weighted by Crippen LogP contribution is 2.43. The van der Waals surface area contributed by atoms with Crippen LogP contribution < -0.4 is 10.4 Å². The van der Waals surface area contributed by atoms with Crippen molar-refractivity contribution in [2.24, 2.45) is 0 Å². The molecule has 1 aromatic rings. The van der Waals surface area contributed by atoms with Crippen LogP contribution in [0.25, 0.3) is 11.6 Å². The molecule has 0 spiro atoms. The van der Waals surface area contributed by atoms with Gasteiger partial charge in [-0.15, -0.1) is 0 Å². The van der Waals surface area contributed by atoms with Crippen LogP contribution >= 0.6 is 0 Å². The number of aryl methyl sites for hydroxylation is 1. The second-order valence-electron chi connectivity index (χ2n) is 5.92. The van der Waals surface area contributed by atoms with Gasteiger partial charge in [-0.1, -0.05) is 37.3 Å². The van der Waals surface area contributed by atoms with Gasteiger partial charge >= 0.3 is 0 Å². The van der Waals surface area contributed by atoms with Crippen molar-refractivity contribution in [3.8, 4) is 0 Å². The topological polar surface area (TPSA) is 0 Å². The molecule has 0 nitrogen and oxygen atoms in total. The van der Waals surface area contributed by atoms with E-state index in [1.165, 1.54) is 41.7 Å². The van der Waals surface area contributed by atoms with Gasteiger partial charge in [0.1, 0.15) is 0 Å². The van der Waals surface area contributed by atoms with Crippen molar-refractivity contribution in [2.75, 3.05) is 0 Å². The Morgan fingerprint density at radius 1 is 1.05 bits per heavy atom. The van der Waals surface area contributed by atoms with E-state index in [2.05, 4.69) is 37.3 Å². The maximum atomic E-state index is 2.49. The molecule has 0 aliphatic heterocycles. The van der Waals surface area contributed by atoms with Crippen LogP contribution in [-0.4, -0.2) is 0 Å². The minimum absolute atomic E-state index is 1.13. The summed E-state index contributed by atoms with van der Waals surface area (Å²) in [6.07, 6.45) is 12.3. The fourth-order valence-electron chi connectivity index (χ4n) is 3.82. The molecule has 0 atom stereocenters. The first kappa shape index (κ1) is 11.3. The molecule has 3 aliphatic carbocycles. The van der Waals surface area contributed by atoms with Gasteiger partial charge in [0, 0.05) is 0 Å². The molecule has 19 heavy (non-hydrogen) atoms. The summed E-state index contributed by atoms with van der Waals surface area (Å²) in [4.78, 5) is 0. The lowest BCUT2D eigenvalue weighted by molar-refractivity contribution is 0.798. The Hall–Kier alpha value is -1.56. The first-order valence-corrected chi connectivity index (χ1v) is 7.61. The average Bonchev–Trinajstić information content (AvgIpc) is 2.85. The molecule has 3 aliphatic rings. The van der Waals surface area contributed by atoms with E-state index in [0.29, 0.717) is 0 Å². The van der Waals surface area contributed by atoms with Gasteiger partial charge in [-0.3, -0.25) is 0 Å². The second-order valence-corrected chi connectivity index (χ2v) is 5.92. The van der Waals surface area contributed by atoms with Gasteiger partial charge in [0.25, 0.3) is 0 Å². The van der Waals surface area contributed by atoms with Gasteiger partial charge in [0.05, 0.1) is 0 Å². The maximum Gasteiger partial charge on any atom is -0.00170 e. The van der Waals surface area contributed by atoms with Crippen molar-refractivity contribution in [3.63, 3.8) is 0 Å². The van der Waals surface area contributed by atoms with Gasteiger partial charge in [-0.25, -0.2) is 0 Å². The van der Waals surface area contributed by atoms with Crippen LogP contribution in [0.3, 0.4) is 0 Å². The molecule has 0 fully saturated rings. The predicted octanol–water partition coefficient (Wildman–Crippen LogP) is 3.39. The molecule has 0 saturated heterocycles. The third-order valence-electron chi connectivity index (χ3n) is 4.88. The summed E-state index contributed by atoms with van der Waals surface area (Å²) in [6, 6.07) is 7.03. The third kappa shape index (κ3) is 1.66. The lowest BCUT2D eigenvalue weighted by atomic mass is 9.92. The maximum absolute atomic E-state index is 2.49. The average molecular weight is 248 g/mol. The smallest absolute Gasteiger partial charge is 0.00170 e. The van der Waals surface area contributed by atoms with E-state index < -0.39 is 0 Å². The molecule has 0 aromatic heterocycles. The quantitative estimate of drug-likeness (QED) is 0.714. The largest absolute Gasteiger partial charge is 0.0807 e. The minimum atomic E-state index is 1.13. The summed E-state index contributed by atoms with van der Waals surface area (Å²) in [5.74, 6) is 0. The van der Waals surface area contributed by atoms with Crippen molar-refractivity contribution in [3.05, 3.63) is 57.0 Å². The van der Waals surface area contributed by atoms with Crippen molar-refractivity contribution in [1.82, 2.24) is 0 Å². The summed E-state index contributed by atoms with van der Waals surface area (Å²) < 4.78 is 0. The Morgan fingerprint density at radius 3 is 2.89 bits per heavy atom. The summed E-state index contributed by atoms with van der Waals surface area (Å²) in [5.41, 5.74) is 8.09. The first-order chi connectivity index (χ1) is 9.36. The monoisotopic (exact) mass is 248 g/mol. The lowest BCUT2D eigenvalue weighted by Crippen LogP contribution is -2.30. The number of benzene rings is 1. The van der Waals surface area contributed by atoms with Gasteiger partial charge in [0.15, 0.2) is 0 Å². The predicted molar refractivity (Wildman–Crippen MR) is 81.1 cm³/mol. The molecule has 4 rings (SSSR count). The van der Waals surface area contributed by atoms with Crippen LogP contribution in [0.15, 0.2) is 41.0 Å². The zero-order chi connectivity index (χ0) is 12.8. The first-order valence-electron chi connectivity index (χ1n) is 7.61. The molecule has 96 valence electrons. The van der Waals surface area contributed by atoms with Crippen molar-refractivity contribution in [1.29, 1.82) is 0 Å². The molecular weight excluding hydrogens is 228 g/mol. The molecule has 1 aromatic carbocycles. The molecule has 0 N–H and O–H groups in total. The fraction of sp³-hybridized carbons (Fsp3) is 0.368. The Balaban J connectivity index is 2.01. The van der Waals surface area contributed by atoms with E-state index in [0.717, 1.165) is 12.8 Å². The van der Waals surface area contributed by atoms with Gasteiger partial charge in [-0.05, 0) is 76.8 Å². The highest BCUT2D eigenvalue weighted by atomic mass is 14.3. The number of allylic oxidation sites excluding steroid dienone is 4. The third-order valence-corrected chi connectivity index (χ3v) is 4.88. The molecule has 0 amide bonds. The minimum Gasteiger partial charge on any atom is -0.0807 e. The van der Waals surface area contributed by atoms with Crippen molar-refractivity contribution >= 4 is 11.6 Å². The van der Waals surface area contributed by atoms with E-state index >= 15 is 0 Å².